The van der Waals surface area contributed by atoms with E-state index in [-0.39, 0.29) is 0 Å². The molecule has 0 spiro atoms. The third-order valence-corrected chi connectivity index (χ3v) is 8.74. The first-order valence-corrected chi connectivity index (χ1v) is 11.8. The van der Waals surface area contributed by atoms with Gasteiger partial charge in [0.2, 0.25) is 0 Å². The van der Waals surface area contributed by atoms with Crippen molar-refractivity contribution in [3.05, 3.63) is 114 Å². The summed E-state index contributed by atoms with van der Waals surface area (Å²) in [5.41, 5.74) is 7.66. The molecule has 0 saturated heterocycles. The normalized spacial score (nSPS) is 12.7. The van der Waals surface area contributed by atoms with Gasteiger partial charge in [0.05, 0.1) is 31.1 Å². The van der Waals surface area contributed by atoms with Crippen molar-refractivity contribution in [1.82, 2.24) is 0 Å². The summed E-state index contributed by atoms with van der Waals surface area (Å²) in [6.45, 7) is 3.54. The van der Waals surface area contributed by atoms with E-state index in [1.165, 1.54) is 7.11 Å². The molecule has 2 N–H and O–H groups in total. The SMILES string of the molecule is C/C=C(N=P(c1ccccc1)(c1ccccc1)c1ccccc1)\C(N)=C(/C)C(=O)OC. The van der Waals surface area contributed by atoms with Gasteiger partial charge in [0, 0.05) is 15.9 Å². The van der Waals surface area contributed by atoms with Gasteiger partial charge in [-0.15, -0.1) is 0 Å². The summed E-state index contributed by atoms with van der Waals surface area (Å²) in [6, 6.07) is 30.8. The van der Waals surface area contributed by atoms with Crippen molar-refractivity contribution in [2.75, 3.05) is 7.11 Å². The number of carbonyl (C=O) groups is 1. The Labute approximate surface area is 184 Å². The van der Waals surface area contributed by atoms with Crippen LogP contribution in [0.25, 0.3) is 0 Å². The Morgan fingerprint density at radius 3 is 1.55 bits per heavy atom. The number of ether oxygens (including phenoxy) is 1. The molecular weight excluding hydrogens is 403 g/mol. The summed E-state index contributed by atoms with van der Waals surface area (Å²) in [4.78, 5) is 12.1. The number of hydrogen-bond donors (Lipinski definition) is 1. The Balaban J connectivity index is 2.45. The third kappa shape index (κ3) is 4.55. The molecule has 0 saturated carbocycles. The summed E-state index contributed by atoms with van der Waals surface area (Å²) < 4.78 is 10.2. The molecule has 158 valence electrons. The van der Waals surface area contributed by atoms with Crippen molar-refractivity contribution in [1.29, 1.82) is 0 Å². The molecule has 0 fully saturated rings. The van der Waals surface area contributed by atoms with Crippen molar-refractivity contribution in [2.24, 2.45) is 10.5 Å². The number of benzene rings is 3. The Hall–Kier alpha value is -3.36. The smallest absolute Gasteiger partial charge is 0.335 e. The lowest BCUT2D eigenvalue weighted by molar-refractivity contribution is -0.136. The molecule has 0 unspecified atom stereocenters. The molecule has 0 aliphatic heterocycles. The highest BCUT2D eigenvalue weighted by molar-refractivity contribution is 7.87. The summed E-state index contributed by atoms with van der Waals surface area (Å²) in [5.74, 6) is -0.463. The Morgan fingerprint density at radius 2 is 1.23 bits per heavy atom. The maximum atomic E-state index is 12.1. The summed E-state index contributed by atoms with van der Waals surface area (Å²) >= 11 is 0. The highest BCUT2D eigenvalue weighted by Gasteiger charge is 2.28. The second-order valence-electron chi connectivity index (χ2n) is 6.95. The van der Waals surface area contributed by atoms with E-state index in [0.717, 1.165) is 15.9 Å². The fourth-order valence-electron chi connectivity index (χ4n) is 3.44. The number of esters is 1. The minimum absolute atomic E-state index is 0.321. The molecule has 0 aliphatic rings. The van der Waals surface area contributed by atoms with Crippen LogP contribution in [0.2, 0.25) is 0 Å². The largest absolute Gasteiger partial charge is 0.466 e. The van der Waals surface area contributed by atoms with E-state index in [9.17, 15) is 4.79 Å². The second-order valence-corrected chi connectivity index (χ2v) is 9.97. The van der Waals surface area contributed by atoms with Crippen LogP contribution in [0.3, 0.4) is 0 Å². The number of rotatable bonds is 6. The minimum Gasteiger partial charge on any atom is -0.466 e. The van der Waals surface area contributed by atoms with Crippen LogP contribution in [0.4, 0.5) is 0 Å². The zero-order chi connectivity index (χ0) is 22.3. The second kappa shape index (κ2) is 10.1. The molecule has 3 aromatic rings. The highest BCUT2D eigenvalue weighted by Crippen LogP contribution is 2.48. The van der Waals surface area contributed by atoms with Crippen LogP contribution in [-0.2, 0) is 9.53 Å². The maximum Gasteiger partial charge on any atom is 0.335 e. The van der Waals surface area contributed by atoms with E-state index in [2.05, 4.69) is 36.4 Å². The van der Waals surface area contributed by atoms with Gasteiger partial charge in [-0.25, -0.2) is 4.79 Å². The Kier molecular flexibility index (Phi) is 7.28. The van der Waals surface area contributed by atoms with Gasteiger partial charge in [-0.3, -0.25) is 4.74 Å². The van der Waals surface area contributed by atoms with Crippen LogP contribution >= 0.6 is 7.05 Å². The first-order valence-electron chi connectivity index (χ1n) is 10.0. The van der Waals surface area contributed by atoms with Crippen molar-refractivity contribution in [3.63, 3.8) is 0 Å². The summed E-state index contributed by atoms with van der Waals surface area (Å²) in [6.07, 6.45) is 1.85. The van der Waals surface area contributed by atoms with E-state index in [4.69, 9.17) is 15.2 Å². The number of carbonyl (C=O) groups excluding carboxylic acids is 1. The summed E-state index contributed by atoms with van der Waals surface area (Å²) in [7, 11) is -1.12. The molecule has 0 bridgehead atoms. The lowest BCUT2D eigenvalue weighted by Gasteiger charge is -2.27. The fraction of sp³-hybridized carbons (Fsp3) is 0.115. The minimum atomic E-state index is -2.47. The molecule has 0 aromatic heterocycles. The Bertz CT molecular complexity index is 1050. The molecule has 4 nitrogen and oxygen atoms in total. The average molecular weight is 430 g/mol. The van der Waals surface area contributed by atoms with Gasteiger partial charge < -0.3 is 10.5 Å². The van der Waals surface area contributed by atoms with Crippen LogP contribution in [0, 0.1) is 0 Å². The predicted molar refractivity (Wildman–Crippen MR) is 130 cm³/mol. The van der Waals surface area contributed by atoms with Gasteiger partial charge >= 0.3 is 5.97 Å². The lowest BCUT2D eigenvalue weighted by Crippen LogP contribution is -2.26. The Morgan fingerprint density at radius 1 is 0.839 bits per heavy atom. The molecule has 5 heteroatoms. The molecule has 31 heavy (non-hydrogen) atoms. The zero-order valence-electron chi connectivity index (χ0n) is 18.0. The average Bonchev–Trinajstić information content (AvgIpc) is 2.85. The fourth-order valence-corrected chi connectivity index (χ4v) is 7.03. The summed E-state index contributed by atoms with van der Waals surface area (Å²) in [5, 5.41) is 3.32. The van der Waals surface area contributed by atoms with E-state index in [1.54, 1.807) is 6.92 Å². The van der Waals surface area contributed by atoms with E-state index >= 15 is 0 Å². The predicted octanol–water partition coefficient (Wildman–Crippen LogP) is 4.47. The van der Waals surface area contributed by atoms with Crippen LogP contribution in [0.15, 0.2) is 119 Å². The number of nitrogens with zero attached hydrogens (tertiary/aromatic N) is 1. The van der Waals surface area contributed by atoms with Crippen molar-refractivity contribution >= 4 is 28.9 Å². The maximum absolute atomic E-state index is 12.1. The van der Waals surface area contributed by atoms with Gasteiger partial charge in [-0.1, -0.05) is 97.1 Å². The van der Waals surface area contributed by atoms with Gasteiger partial charge in [0.25, 0.3) is 0 Å². The highest BCUT2D eigenvalue weighted by atomic mass is 31.2. The quantitative estimate of drug-likeness (QED) is 0.272. The van der Waals surface area contributed by atoms with Crippen LogP contribution in [0.1, 0.15) is 13.8 Å². The monoisotopic (exact) mass is 430 g/mol. The number of allylic oxidation sites excluding steroid dienone is 1. The number of hydrogen-bond acceptors (Lipinski definition) is 4. The first kappa shape index (κ1) is 22.3. The number of methoxy groups -OCH3 is 1. The van der Waals surface area contributed by atoms with Gasteiger partial charge in [-0.2, -0.15) is 0 Å². The third-order valence-electron chi connectivity index (χ3n) is 5.09. The van der Waals surface area contributed by atoms with Crippen molar-refractivity contribution in [3.8, 4) is 0 Å². The van der Waals surface area contributed by atoms with Crippen molar-refractivity contribution < 1.29 is 9.53 Å². The molecule has 3 rings (SSSR count). The van der Waals surface area contributed by atoms with E-state index < -0.39 is 13.0 Å². The topological polar surface area (TPSA) is 64.7 Å². The molecular formula is C26H27N2O2P. The molecule has 3 aromatic carbocycles. The molecule has 0 atom stereocenters. The molecule has 0 radical (unpaired) electrons. The van der Waals surface area contributed by atoms with Gasteiger partial charge in [0.1, 0.15) is 0 Å². The van der Waals surface area contributed by atoms with E-state index in [1.807, 2.05) is 67.6 Å². The van der Waals surface area contributed by atoms with E-state index in [0.29, 0.717) is 17.0 Å². The van der Waals surface area contributed by atoms with Crippen molar-refractivity contribution in [2.45, 2.75) is 13.8 Å². The van der Waals surface area contributed by atoms with Crippen LogP contribution < -0.4 is 21.6 Å². The molecule has 0 amide bonds. The van der Waals surface area contributed by atoms with Crippen LogP contribution in [0.5, 0.6) is 0 Å². The standard InChI is InChI=1S/C26H27N2O2P/c1-4-24(25(27)20(2)26(29)30-3)28-31(21-14-8-5-9-15-21,22-16-10-6-11-17-22)23-18-12-7-13-19-23/h4-19H,27H2,1-3H3/b24-4+,25-20-. The zero-order valence-corrected chi connectivity index (χ0v) is 18.9. The van der Waals surface area contributed by atoms with Gasteiger partial charge in [-0.05, 0) is 13.8 Å². The molecule has 0 heterocycles. The van der Waals surface area contributed by atoms with Gasteiger partial charge in [0.15, 0.2) is 0 Å². The lowest BCUT2D eigenvalue weighted by atomic mass is 10.2. The number of nitrogens with two attached hydrogens (primary N) is 1. The van der Waals surface area contributed by atoms with Crippen LogP contribution in [-0.4, -0.2) is 13.1 Å². The molecule has 0 aliphatic carbocycles. The first-order chi connectivity index (χ1) is 15.0.